The van der Waals surface area contributed by atoms with Gasteiger partial charge in [-0.2, -0.15) is 5.10 Å². The molecule has 0 bridgehead atoms. The van der Waals surface area contributed by atoms with Gasteiger partial charge < -0.3 is 5.73 Å². The van der Waals surface area contributed by atoms with Crippen molar-refractivity contribution in [3.8, 4) is 11.1 Å². The lowest BCUT2D eigenvalue weighted by molar-refractivity contribution is 0.997. The molecule has 0 radical (unpaired) electrons. The van der Waals surface area contributed by atoms with E-state index in [4.69, 9.17) is 5.73 Å². The molecule has 0 aliphatic carbocycles. The fraction of sp³-hybridized carbons (Fsp3) is 0.125. The first kappa shape index (κ1) is 16.7. The highest BCUT2D eigenvalue weighted by atomic mass is 35.5. The van der Waals surface area contributed by atoms with Crippen LogP contribution in [-0.4, -0.2) is 18.7 Å². The second-order valence-corrected chi connectivity index (χ2v) is 4.36. The average molecular weight is 303 g/mol. The largest absolute Gasteiger partial charge is 0.369 e. The van der Waals surface area contributed by atoms with Gasteiger partial charge in [0.05, 0.1) is 5.71 Å². The number of rotatable bonds is 3. The number of hydrazone groups is 1. The Bertz CT molecular complexity index is 618. The van der Waals surface area contributed by atoms with Crippen molar-refractivity contribution in [1.82, 2.24) is 5.43 Å². The third-order valence-electron chi connectivity index (χ3n) is 2.99. The molecule has 0 aliphatic heterocycles. The normalized spacial score (nSPS) is 11.7. The molecule has 21 heavy (non-hydrogen) atoms. The lowest BCUT2D eigenvalue weighted by Crippen LogP contribution is -2.27. The fourth-order valence-electron chi connectivity index (χ4n) is 1.79. The molecule has 110 valence electrons. The molecule has 0 atom stereocenters. The number of halogens is 1. The van der Waals surface area contributed by atoms with Crippen LogP contribution >= 0.6 is 12.4 Å². The molecule has 0 unspecified atom stereocenters. The molecular formula is C16H19ClN4. The number of nitrogens with two attached hydrogens (primary N) is 1. The Hall–Kier alpha value is -2.33. The van der Waals surface area contributed by atoms with Crippen molar-refractivity contribution in [2.75, 3.05) is 7.05 Å². The summed E-state index contributed by atoms with van der Waals surface area (Å²) in [5, 5.41) is 4.18. The third-order valence-corrected chi connectivity index (χ3v) is 2.99. The van der Waals surface area contributed by atoms with Crippen molar-refractivity contribution in [2.24, 2.45) is 15.8 Å². The van der Waals surface area contributed by atoms with Gasteiger partial charge in [-0.3, -0.25) is 4.99 Å². The molecule has 2 aromatic carbocycles. The van der Waals surface area contributed by atoms with Crippen molar-refractivity contribution >= 4 is 24.1 Å². The van der Waals surface area contributed by atoms with Crippen LogP contribution in [0.15, 0.2) is 64.7 Å². The molecule has 5 heteroatoms. The van der Waals surface area contributed by atoms with E-state index in [1.54, 1.807) is 7.05 Å². The molecular weight excluding hydrogens is 284 g/mol. The van der Waals surface area contributed by atoms with Crippen molar-refractivity contribution < 1.29 is 0 Å². The second kappa shape index (κ2) is 8.07. The Morgan fingerprint density at radius 3 is 2.10 bits per heavy atom. The number of nitrogens with one attached hydrogen (secondary N) is 1. The average Bonchev–Trinajstić information content (AvgIpc) is 2.53. The molecule has 0 aliphatic rings. The topological polar surface area (TPSA) is 62.8 Å². The Kier molecular flexibility index (Phi) is 6.43. The van der Waals surface area contributed by atoms with Gasteiger partial charge in [-0.05, 0) is 23.6 Å². The van der Waals surface area contributed by atoms with Crippen LogP contribution in [0.4, 0.5) is 0 Å². The summed E-state index contributed by atoms with van der Waals surface area (Å²) in [6, 6.07) is 18.5. The van der Waals surface area contributed by atoms with Gasteiger partial charge >= 0.3 is 0 Å². The molecule has 2 rings (SSSR count). The quantitative estimate of drug-likeness (QED) is 0.520. The van der Waals surface area contributed by atoms with Crippen molar-refractivity contribution in [2.45, 2.75) is 6.92 Å². The van der Waals surface area contributed by atoms with Gasteiger partial charge in [0.1, 0.15) is 0 Å². The summed E-state index contributed by atoms with van der Waals surface area (Å²) in [7, 11) is 1.61. The smallest absolute Gasteiger partial charge is 0.209 e. The van der Waals surface area contributed by atoms with E-state index in [0.29, 0.717) is 5.96 Å². The third kappa shape index (κ3) is 4.61. The van der Waals surface area contributed by atoms with Crippen molar-refractivity contribution in [1.29, 1.82) is 0 Å². The SMILES string of the molecule is CN=C(N)N/N=C(\C)c1ccc(-c2ccccc2)cc1.Cl. The van der Waals surface area contributed by atoms with Gasteiger partial charge in [0.25, 0.3) is 0 Å². The van der Waals surface area contributed by atoms with Crippen LogP contribution in [0, 0.1) is 0 Å². The summed E-state index contributed by atoms with van der Waals surface area (Å²) in [5.41, 5.74) is 12.5. The molecule has 0 amide bonds. The van der Waals surface area contributed by atoms with Crippen LogP contribution in [0.3, 0.4) is 0 Å². The predicted octanol–water partition coefficient (Wildman–Crippen LogP) is 3.03. The standard InChI is InChI=1S/C16H18N4.ClH/c1-12(19-20-16(17)18-2)13-8-10-15(11-9-13)14-6-4-3-5-7-14;/h3-11H,1-2H3,(H3,17,18,20);1H/b19-12+;. The number of hydrogen-bond donors (Lipinski definition) is 2. The monoisotopic (exact) mass is 302 g/mol. The first-order valence-corrected chi connectivity index (χ1v) is 6.39. The first-order chi connectivity index (χ1) is 9.70. The van der Waals surface area contributed by atoms with Gasteiger partial charge in [-0.1, -0.05) is 54.6 Å². The van der Waals surface area contributed by atoms with Crippen molar-refractivity contribution in [3.05, 3.63) is 60.2 Å². The van der Waals surface area contributed by atoms with E-state index in [9.17, 15) is 0 Å². The van der Waals surface area contributed by atoms with Crippen LogP contribution in [0.25, 0.3) is 11.1 Å². The summed E-state index contributed by atoms with van der Waals surface area (Å²) in [5.74, 6) is 0.297. The lowest BCUT2D eigenvalue weighted by atomic mass is 10.0. The highest BCUT2D eigenvalue weighted by Crippen LogP contribution is 2.19. The first-order valence-electron chi connectivity index (χ1n) is 6.39. The predicted molar refractivity (Wildman–Crippen MR) is 92.0 cm³/mol. The summed E-state index contributed by atoms with van der Waals surface area (Å²) in [6.07, 6.45) is 0. The summed E-state index contributed by atoms with van der Waals surface area (Å²) >= 11 is 0. The van der Waals surface area contributed by atoms with Crippen LogP contribution in [0.2, 0.25) is 0 Å². The minimum Gasteiger partial charge on any atom is -0.369 e. The molecule has 0 heterocycles. The molecule has 0 aromatic heterocycles. The van der Waals surface area contributed by atoms with Gasteiger partial charge in [0, 0.05) is 7.05 Å². The van der Waals surface area contributed by atoms with Crippen LogP contribution in [-0.2, 0) is 0 Å². The van der Waals surface area contributed by atoms with Gasteiger partial charge in [0.2, 0.25) is 5.96 Å². The van der Waals surface area contributed by atoms with E-state index in [0.717, 1.165) is 11.3 Å². The van der Waals surface area contributed by atoms with E-state index in [1.165, 1.54) is 11.1 Å². The fourth-order valence-corrected chi connectivity index (χ4v) is 1.79. The van der Waals surface area contributed by atoms with Gasteiger partial charge in [0.15, 0.2) is 0 Å². The maximum absolute atomic E-state index is 5.53. The minimum absolute atomic E-state index is 0. The van der Waals surface area contributed by atoms with Crippen LogP contribution in [0.5, 0.6) is 0 Å². The summed E-state index contributed by atoms with van der Waals surface area (Å²) in [6.45, 7) is 1.92. The maximum atomic E-state index is 5.53. The molecule has 0 fully saturated rings. The molecule has 2 aromatic rings. The van der Waals surface area contributed by atoms with Crippen LogP contribution in [0.1, 0.15) is 12.5 Å². The minimum atomic E-state index is 0. The summed E-state index contributed by atoms with van der Waals surface area (Å²) < 4.78 is 0. The maximum Gasteiger partial charge on any atom is 0.209 e. The molecule has 0 saturated heterocycles. The second-order valence-electron chi connectivity index (χ2n) is 4.36. The van der Waals surface area contributed by atoms with Crippen LogP contribution < -0.4 is 11.2 Å². The van der Waals surface area contributed by atoms with E-state index in [1.807, 2.05) is 37.3 Å². The van der Waals surface area contributed by atoms with E-state index in [-0.39, 0.29) is 12.4 Å². The number of nitrogens with zero attached hydrogens (tertiary/aromatic N) is 2. The Morgan fingerprint density at radius 2 is 1.52 bits per heavy atom. The van der Waals surface area contributed by atoms with E-state index < -0.39 is 0 Å². The lowest BCUT2D eigenvalue weighted by Gasteiger charge is -2.05. The number of benzene rings is 2. The zero-order valence-corrected chi connectivity index (χ0v) is 12.9. The molecule has 0 saturated carbocycles. The van der Waals surface area contributed by atoms with E-state index in [2.05, 4.69) is 39.8 Å². The zero-order chi connectivity index (χ0) is 14.4. The Labute approximate surface area is 131 Å². The number of guanidine groups is 1. The number of aliphatic imine (C=N–C) groups is 1. The molecule has 3 N–H and O–H groups in total. The Morgan fingerprint density at radius 1 is 0.952 bits per heavy atom. The highest BCUT2D eigenvalue weighted by Gasteiger charge is 2.00. The highest BCUT2D eigenvalue weighted by molar-refractivity contribution is 5.99. The molecule has 4 nitrogen and oxygen atoms in total. The Balaban J connectivity index is 0.00000220. The number of hydrogen-bond acceptors (Lipinski definition) is 2. The zero-order valence-electron chi connectivity index (χ0n) is 12.1. The molecule has 0 spiro atoms. The van der Waals surface area contributed by atoms with E-state index >= 15 is 0 Å². The van der Waals surface area contributed by atoms with Gasteiger partial charge in [-0.15, -0.1) is 12.4 Å². The van der Waals surface area contributed by atoms with Gasteiger partial charge in [-0.25, -0.2) is 5.43 Å². The summed E-state index contributed by atoms with van der Waals surface area (Å²) in [4.78, 5) is 3.78. The van der Waals surface area contributed by atoms with Crippen molar-refractivity contribution in [3.63, 3.8) is 0 Å².